The second kappa shape index (κ2) is 6.28. The summed E-state index contributed by atoms with van der Waals surface area (Å²) >= 11 is 0. The normalized spacial score (nSPS) is 22.7. The molecule has 0 aromatic carbocycles. The monoisotopic (exact) mass is 309 g/mol. The first-order chi connectivity index (χ1) is 10.2. The number of hydrogen-bond acceptors (Lipinski definition) is 5. The molecule has 1 saturated heterocycles. The van der Waals surface area contributed by atoms with Crippen LogP contribution in [-0.2, 0) is 16.1 Å². The minimum absolute atomic E-state index is 0.0850. The van der Waals surface area contributed by atoms with Crippen LogP contribution in [0.1, 0.15) is 39.3 Å². The van der Waals surface area contributed by atoms with Crippen LogP contribution in [0.2, 0.25) is 0 Å². The summed E-state index contributed by atoms with van der Waals surface area (Å²) in [5.74, 6) is -0.225. The van der Waals surface area contributed by atoms with Crippen LogP contribution in [0.15, 0.2) is 6.20 Å². The summed E-state index contributed by atoms with van der Waals surface area (Å²) in [6.45, 7) is 8.76. The summed E-state index contributed by atoms with van der Waals surface area (Å²) in [5, 5.41) is 14.4. The van der Waals surface area contributed by atoms with E-state index in [0.717, 1.165) is 24.2 Å². The lowest BCUT2D eigenvalue weighted by molar-refractivity contribution is -0.145. The van der Waals surface area contributed by atoms with Crippen LogP contribution in [0.5, 0.6) is 0 Å². The van der Waals surface area contributed by atoms with Crippen LogP contribution in [-0.4, -0.2) is 46.2 Å². The zero-order valence-electron chi connectivity index (χ0n) is 14.2. The van der Waals surface area contributed by atoms with Gasteiger partial charge in [0.2, 0.25) is 0 Å². The largest absolute Gasteiger partial charge is 0.469 e. The van der Waals surface area contributed by atoms with Crippen LogP contribution in [0.3, 0.4) is 0 Å². The van der Waals surface area contributed by atoms with Crippen molar-refractivity contribution in [2.75, 3.05) is 18.6 Å². The second-order valence-electron chi connectivity index (χ2n) is 6.91. The average Bonchev–Trinajstić information content (AvgIpc) is 2.76. The summed E-state index contributed by atoms with van der Waals surface area (Å²) in [5.41, 5.74) is 1.14. The van der Waals surface area contributed by atoms with Crippen molar-refractivity contribution in [1.82, 2.24) is 9.78 Å². The Bertz CT molecular complexity index is 533. The molecule has 0 bridgehead atoms. The molecule has 22 heavy (non-hydrogen) atoms. The lowest BCUT2D eigenvalue weighted by atomic mass is 9.93. The van der Waals surface area contributed by atoms with E-state index in [2.05, 4.69) is 16.9 Å². The Kier molecular flexibility index (Phi) is 4.80. The SMILES string of the molecule is COC(=O)C1CCC(C)N(c2cn(CC(C)(C)O)nc2C)C1. The highest BCUT2D eigenvalue weighted by Crippen LogP contribution is 2.30. The van der Waals surface area contributed by atoms with E-state index in [1.165, 1.54) is 7.11 Å². The van der Waals surface area contributed by atoms with E-state index >= 15 is 0 Å². The molecule has 1 fully saturated rings. The third-order valence-electron chi connectivity index (χ3n) is 4.20. The fourth-order valence-corrected chi connectivity index (χ4v) is 3.07. The van der Waals surface area contributed by atoms with Crippen LogP contribution in [0.4, 0.5) is 5.69 Å². The summed E-state index contributed by atoms with van der Waals surface area (Å²) in [4.78, 5) is 14.1. The summed E-state index contributed by atoms with van der Waals surface area (Å²) in [7, 11) is 1.44. The van der Waals surface area contributed by atoms with Crippen LogP contribution < -0.4 is 4.90 Å². The number of carbonyl (C=O) groups is 1. The molecule has 1 aliphatic rings. The van der Waals surface area contributed by atoms with Gasteiger partial charge in [-0.15, -0.1) is 0 Å². The first-order valence-electron chi connectivity index (χ1n) is 7.82. The van der Waals surface area contributed by atoms with E-state index in [9.17, 15) is 9.90 Å². The Hall–Kier alpha value is -1.56. The van der Waals surface area contributed by atoms with Crippen molar-refractivity contribution in [1.29, 1.82) is 0 Å². The van der Waals surface area contributed by atoms with Gasteiger partial charge < -0.3 is 14.7 Å². The highest BCUT2D eigenvalue weighted by molar-refractivity contribution is 5.73. The summed E-state index contributed by atoms with van der Waals surface area (Å²) in [6, 6.07) is 0.361. The molecule has 2 atom stereocenters. The number of aryl methyl sites for hydroxylation is 1. The Balaban J connectivity index is 2.20. The van der Waals surface area contributed by atoms with Gasteiger partial charge in [0, 0.05) is 18.8 Å². The van der Waals surface area contributed by atoms with Crippen molar-refractivity contribution < 1.29 is 14.6 Å². The molecule has 6 heteroatoms. The van der Waals surface area contributed by atoms with Gasteiger partial charge in [0.05, 0.1) is 36.6 Å². The lowest BCUT2D eigenvalue weighted by Gasteiger charge is -2.38. The molecular weight excluding hydrogens is 282 g/mol. The van der Waals surface area contributed by atoms with E-state index in [4.69, 9.17) is 4.74 Å². The van der Waals surface area contributed by atoms with Crippen molar-refractivity contribution in [3.05, 3.63) is 11.9 Å². The smallest absolute Gasteiger partial charge is 0.310 e. The van der Waals surface area contributed by atoms with E-state index in [1.807, 2.05) is 13.1 Å². The number of hydrogen-bond donors (Lipinski definition) is 1. The molecule has 1 N–H and O–H groups in total. The van der Waals surface area contributed by atoms with E-state index in [1.54, 1.807) is 18.5 Å². The Morgan fingerprint density at radius 3 is 2.77 bits per heavy atom. The Labute approximate surface area is 132 Å². The van der Waals surface area contributed by atoms with E-state index in [-0.39, 0.29) is 11.9 Å². The van der Waals surface area contributed by atoms with Gasteiger partial charge in [0.25, 0.3) is 0 Å². The van der Waals surface area contributed by atoms with Gasteiger partial charge in [0.1, 0.15) is 0 Å². The molecule has 1 aliphatic heterocycles. The summed E-state index contributed by atoms with van der Waals surface area (Å²) < 4.78 is 6.67. The van der Waals surface area contributed by atoms with Crippen molar-refractivity contribution in [3.8, 4) is 0 Å². The zero-order valence-corrected chi connectivity index (χ0v) is 14.2. The Morgan fingerprint density at radius 2 is 2.18 bits per heavy atom. The highest BCUT2D eigenvalue weighted by Gasteiger charge is 2.32. The first-order valence-corrected chi connectivity index (χ1v) is 7.82. The van der Waals surface area contributed by atoms with Gasteiger partial charge in [-0.3, -0.25) is 9.48 Å². The molecule has 0 spiro atoms. The number of aromatic nitrogens is 2. The Morgan fingerprint density at radius 1 is 1.50 bits per heavy atom. The predicted molar refractivity (Wildman–Crippen MR) is 84.8 cm³/mol. The van der Waals surface area contributed by atoms with Crippen molar-refractivity contribution in [2.24, 2.45) is 5.92 Å². The average molecular weight is 309 g/mol. The maximum absolute atomic E-state index is 11.8. The van der Waals surface area contributed by atoms with Gasteiger partial charge >= 0.3 is 5.97 Å². The maximum atomic E-state index is 11.8. The van der Waals surface area contributed by atoms with Crippen LogP contribution in [0.25, 0.3) is 0 Å². The van der Waals surface area contributed by atoms with E-state index < -0.39 is 5.60 Å². The third kappa shape index (κ3) is 3.80. The topological polar surface area (TPSA) is 67.6 Å². The molecule has 2 rings (SSSR count). The van der Waals surface area contributed by atoms with Gasteiger partial charge in [-0.1, -0.05) is 0 Å². The van der Waals surface area contributed by atoms with Crippen molar-refractivity contribution in [3.63, 3.8) is 0 Å². The molecule has 1 aromatic heterocycles. The van der Waals surface area contributed by atoms with Crippen molar-refractivity contribution in [2.45, 2.75) is 58.7 Å². The number of rotatable bonds is 4. The summed E-state index contributed by atoms with van der Waals surface area (Å²) in [6.07, 6.45) is 3.78. The van der Waals surface area contributed by atoms with Gasteiger partial charge in [-0.05, 0) is 40.5 Å². The number of anilines is 1. The standard InChI is InChI=1S/C16H27N3O3/c1-11-6-7-13(15(20)22-5)8-19(11)14-9-18(17-12(14)2)10-16(3,4)21/h9,11,13,21H,6-8,10H2,1-5H3. The number of carbonyl (C=O) groups excluding carboxylic acids is 1. The zero-order chi connectivity index (χ0) is 16.5. The minimum atomic E-state index is -0.808. The molecule has 0 saturated carbocycles. The predicted octanol–water partition coefficient (Wildman–Crippen LogP) is 1.74. The first kappa shape index (κ1) is 16.8. The number of ether oxygens (including phenoxy) is 1. The maximum Gasteiger partial charge on any atom is 0.310 e. The third-order valence-corrected chi connectivity index (χ3v) is 4.20. The van der Waals surface area contributed by atoms with Gasteiger partial charge in [-0.25, -0.2) is 0 Å². The second-order valence-corrected chi connectivity index (χ2v) is 6.91. The quantitative estimate of drug-likeness (QED) is 0.858. The fraction of sp³-hybridized carbons (Fsp3) is 0.750. The fourth-order valence-electron chi connectivity index (χ4n) is 3.07. The number of nitrogens with zero attached hydrogens (tertiary/aromatic N) is 3. The molecule has 0 radical (unpaired) electrons. The van der Waals surface area contributed by atoms with E-state index in [0.29, 0.717) is 19.1 Å². The van der Waals surface area contributed by atoms with Crippen LogP contribution in [0, 0.1) is 12.8 Å². The molecule has 0 amide bonds. The van der Waals surface area contributed by atoms with Gasteiger partial charge in [0.15, 0.2) is 0 Å². The van der Waals surface area contributed by atoms with Crippen LogP contribution >= 0.6 is 0 Å². The number of piperidine rings is 1. The molecule has 0 aliphatic carbocycles. The molecule has 2 unspecified atom stereocenters. The molecule has 1 aromatic rings. The molecule has 124 valence electrons. The number of aliphatic hydroxyl groups is 1. The number of methoxy groups -OCH3 is 1. The van der Waals surface area contributed by atoms with Gasteiger partial charge in [-0.2, -0.15) is 5.10 Å². The number of esters is 1. The lowest BCUT2D eigenvalue weighted by Crippen LogP contribution is -2.44. The molecule has 6 nitrogen and oxygen atoms in total. The van der Waals surface area contributed by atoms with Crippen molar-refractivity contribution >= 4 is 11.7 Å². The minimum Gasteiger partial charge on any atom is -0.469 e. The molecular formula is C16H27N3O3. The highest BCUT2D eigenvalue weighted by atomic mass is 16.5. The molecule has 2 heterocycles.